The van der Waals surface area contributed by atoms with Gasteiger partial charge in [-0.3, -0.25) is 14.4 Å². The Bertz CT molecular complexity index is 620. The third-order valence-electron chi connectivity index (χ3n) is 4.77. The molecule has 0 bridgehead atoms. The van der Waals surface area contributed by atoms with Gasteiger partial charge in [0.1, 0.15) is 5.92 Å². The molecule has 0 radical (unpaired) electrons. The van der Waals surface area contributed by atoms with Crippen LogP contribution in [0.4, 0.5) is 0 Å². The van der Waals surface area contributed by atoms with Gasteiger partial charge in [-0.25, -0.2) is 0 Å². The van der Waals surface area contributed by atoms with E-state index in [-0.39, 0.29) is 25.2 Å². The molecule has 1 aliphatic carbocycles. The highest BCUT2D eigenvalue weighted by Crippen LogP contribution is 2.41. The second-order valence-electron chi connectivity index (χ2n) is 8.19. The van der Waals surface area contributed by atoms with Crippen molar-refractivity contribution >= 4 is 17.3 Å². The fraction of sp³-hybridized carbons (Fsp3) is 0.667. The van der Waals surface area contributed by atoms with E-state index in [2.05, 4.69) is 0 Å². The first-order valence-electron chi connectivity index (χ1n) is 9.20. The Hall–Kier alpha value is -1.59. The van der Waals surface area contributed by atoms with Gasteiger partial charge < -0.3 is 10.2 Å². The van der Waals surface area contributed by atoms with E-state index in [0.717, 1.165) is 11.1 Å². The van der Waals surface area contributed by atoms with E-state index in [1.807, 2.05) is 41.5 Å². The average Bonchev–Trinajstić information content (AvgIpc) is 2.69. The van der Waals surface area contributed by atoms with Crippen molar-refractivity contribution in [2.24, 2.45) is 17.8 Å². The number of aliphatic hydroxyl groups is 2. The summed E-state index contributed by atoms with van der Waals surface area (Å²) >= 11 is 0. The minimum atomic E-state index is -2.23. The number of ketones is 3. The quantitative estimate of drug-likeness (QED) is 0.510. The maximum atomic E-state index is 12.9. The van der Waals surface area contributed by atoms with Crippen LogP contribution in [0.5, 0.6) is 0 Å². The molecule has 26 heavy (non-hydrogen) atoms. The first-order valence-corrected chi connectivity index (χ1v) is 9.20. The van der Waals surface area contributed by atoms with E-state index < -0.39 is 40.9 Å². The molecule has 0 amide bonds. The third kappa shape index (κ3) is 4.77. The van der Waals surface area contributed by atoms with Crippen molar-refractivity contribution in [3.63, 3.8) is 0 Å². The Morgan fingerprint density at radius 2 is 1.65 bits per heavy atom. The van der Waals surface area contributed by atoms with Crippen LogP contribution >= 0.6 is 0 Å². The molecule has 4 atom stereocenters. The normalized spacial score (nSPS) is 26.8. The van der Waals surface area contributed by atoms with Crippen molar-refractivity contribution < 1.29 is 24.6 Å². The third-order valence-corrected chi connectivity index (χ3v) is 4.77. The number of carbonyl (C=O) groups excluding carboxylic acids is 3. The number of rotatable bonds is 8. The number of aliphatic hydroxyl groups excluding tert-OH is 1. The van der Waals surface area contributed by atoms with E-state index >= 15 is 0 Å². The summed E-state index contributed by atoms with van der Waals surface area (Å²) in [7, 11) is 0. The molecule has 1 fully saturated rings. The minimum Gasteiger partial charge on any atom is -0.389 e. The van der Waals surface area contributed by atoms with Crippen molar-refractivity contribution in [3.05, 3.63) is 23.3 Å². The van der Waals surface area contributed by atoms with Gasteiger partial charge in [0.15, 0.2) is 23.0 Å². The molecule has 0 spiro atoms. The molecule has 1 saturated carbocycles. The van der Waals surface area contributed by atoms with Gasteiger partial charge in [0.05, 0.1) is 12.0 Å². The van der Waals surface area contributed by atoms with E-state index in [4.69, 9.17) is 0 Å². The summed E-state index contributed by atoms with van der Waals surface area (Å²) in [5, 5.41) is 21.7. The maximum absolute atomic E-state index is 12.9. The maximum Gasteiger partial charge on any atom is 0.185 e. The highest BCUT2D eigenvalue weighted by molar-refractivity contribution is 6.27. The van der Waals surface area contributed by atoms with E-state index in [0.29, 0.717) is 0 Å². The van der Waals surface area contributed by atoms with Crippen LogP contribution in [0, 0.1) is 17.8 Å². The molecule has 0 aromatic heterocycles. The SMILES string of the molecule is CC(C)=CC[C@@H](O)C1(O)C(=O)C(C(=O)CC(C)C)C(=O)[C@@H]1CC=C(C)C. The van der Waals surface area contributed by atoms with Gasteiger partial charge in [-0.15, -0.1) is 0 Å². The van der Waals surface area contributed by atoms with Gasteiger partial charge in [0.25, 0.3) is 0 Å². The summed E-state index contributed by atoms with van der Waals surface area (Å²) < 4.78 is 0. The molecule has 5 heteroatoms. The van der Waals surface area contributed by atoms with Crippen molar-refractivity contribution in [2.75, 3.05) is 0 Å². The van der Waals surface area contributed by atoms with Crippen LogP contribution in [-0.4, -0.2) is 39.3 Å². The zero-order chi connectivity index (χ0) is 20.2. The molecule has 1 rings (SSSR count). The van der Waals surface area contributed by atoms with Gasteiger partial charge >= 0.3 is 0 Å². The number of hydrogen-bond acceptors (Lipinski definition) is 5. The van der Waals surface area contributed by atoms with Crippen LogP contribution in [0.1, 0.15) is 60.8 Å². The van der Waals surface area contributed by atoms with Gasteiger partial charge in [-0.2, -0.15) is 0 Å². The molecule has 0 saturated heterocycles. The van der Waals surface area contributed by atoms with Crippen LogP contribution in [0.3, 0.4) is 0 Å². The van der Waals surface area contributed by atoms with Crippen LogP contribution in [0.2, 0.25) is 0 Å². The Labute approximate surface area is 156 Å². The standard InChI is InChI=1S/C21H32O5/c1-12(2)7-9-15-19(24)18(16(22)11-14(5)6)20(25)21(15,26)17(23)10-8-13(3)4/h7-8,14-15,17-18,23,26H,9-11H2,1-6H3/t15-,17+,18?,21?/m0/s1. The van der Waals surface area contributed by atoms with Crippen molar-refractivity contribution in [1.82, 2.24) is 0 Å². The minimum absolute atomic E-state index is 0.00335. The smallest absolute Gasteiger partial charge is 0.185 e. The number of Topliss-reactive ketones (excluding diaryl/α,β-unsaturated/α-hetero) is 3. The molecule has 146 valence electrons. The molecule has 2 N–H and O–H groups in total. The van der Waals surface area contributed by atoms with Gasteiger partial charge in [-0.05, 0) is 46.5 Å². The molecule has 0 aromatic carbocycles. The van der Waals surface area contributed by atoms with E-state index in [9.17, 15) is 24.6 Å². The Morgan fingerprint density at radius 3 is 2.12 bits per heavy atom. The zero-order valence-electron chi connectivity index (χ0n) is 16.7. The predicted octanol–water partition coefficient (Wildman–Crippen LogP) is 2.79. The number of carbonyl (C=O) groups is 3. The summed E-state index contributed by atoms with van der Waals surface area (Å²) in [4.78, 5) is 38.2. The topological polar surface area (TPSA) is 91.7 Å². The lowest BCUT2D eigenvalue weighted by molar-refractivity contribution is -0.155. The van der Waals surface area contributed by atoms with Gasteiger partial charge in [0.2, 0.25) is 0 Å². The molecule has 5 nitrogen and oxygen atoms in total. The summed E-state index contributed by atoms with van der Waals surface area (Å²) in [5.74, 6) is -4.47. The van der Waals surface area contributed by atoms with Gasteiger partial charge in [-0.1, -0.05) is 37.1 Å². The second-order valence-corrected chi connectivity index (χ2v) is 8.19. The zero-order valence-corrected chi connectivity index (χ0v) is 16.7. The fourth-order valence-electron chi connectivity index (χ4n) is 3.35. The lowest BCUT2D eigenvalue weighted by Gasteiger charge is -2.31. The lowest BCUT2D eigenvalue weighted by Crippen LogP contribution is -2.52. The Kier molecular flexibility index (Phi) is 7.66. The summed E-state index contributed by atoms with van der Waals surface area (Å²) in [6, 6.07) is 0. The molecule has 0 aliphatic heterocycles. The van der Waals surface area contributed by atoms with Gasteiger partial charge in [0, 0.05) is 6.42 Å². The van der Waals surface area contributed by atoms with E-state index in [1.54, 1.807) is 12.2 Å². The van der Waals surface area contributed by atoms with Crippen LogP contribution in [-0.2, 0) is 14.4 Å². The monoisotopic (exact) mass is 364 g/mol. The Balaban J connectivity index is 3.30. The highest BCUT2D eigenvalue weighted by Gasteiger charge is 2.63. The second kappa shape index (κ2) is 8.87. The summed E-state index contributed by atoms with van der Waals surface area (Å²) in [6.07, 6.45) is 2.30. The van der Waals surface area contributed by atoms with Crippen LogP contribution < -0.4 is 0 Å². The first kappa shape index (κ1) is 22.5. The molecule has 2 unspecified atom stereocenters. The van der Waals surface area contributed by atoms with Crippen LogP contribution in [0.25, 0.3) is 0 Å². The van der Waals surface area contributed by atoms with Crippen molar-refractivity contribution in [2.45, 2.75) is 72.5 Å². The Morgan fingerprint density at radius 1 is 1.12 bits per heavy atom. The molecule has 1 aliphatic rings. The summed E-state index contributed by atoms with van der Waals surface area (Å²) in [6.45, 7) is 11.0. The number of hydrogen-bond donors (Lipinski definition) is 2. The predicted molar refractivity (Wildman–Crippen MR) is 101 cm³/mol. The first-order chi connectivity index (χ1) is 11.9. The molecule has 0 aromatic rings. The highest BCUT2D eigenvalue weighted by atomic mass is 16.4. The molecular weight excluding hydrogens is 332 g/mol. The largest absolute Gasteiger partial charge is 0.389 e. The summed E-state index contributed by atoms with van der Waals surface area (Å²) in [5.41, 5.74) is -0.368. The fourth-order valence-corrected chi connectivity index (χ4v) is 3.35. The average molecular weight is 364 g/mol. The van der Waals surface area contributed by atoms with Crippen molar-refractivity contribution in [1.29, 1.82) is 0 Å². The molecular formula is C21H32O5. The van der Waals surface area contributed by atoms with E-state index in [1.165, 1.54) is 0 Å². The lowest BCUT2D eigenvalue weighted by atomic mass is 9.80. The van der Waals surface area contributed by atoms with Crippen LogP contribution in [0.15, 0.2) is 23.3 Å². The molecule has 0 heterocycles. The number of allylic oxidation sites excluding steroid dienone is 3. The van der Waals surface area contributed by atoms with Crippen molar-refractivity contribution in [3.8, 4) is 0 Å².